The van der Waals surface area contributed by atoms with Gasteiger partial charge in [-0.25, -0.2) is 14.8 Å². The second-order valence-electron chi connectivity index (χ2n) is 3.74. The molecule has 2 rings (SSSR count). The number of pyridine rings is 1. The number of rotatable bonds is 4. The van der Waals surface area contributed by atoms with E-state index in [-0.39, 0.29) is 10.7 Å². The van der Waals surface area contributed by atoms with Gasteiger partial charge in [-0.05, 0) is 19.1 Å². The molecule has 2 heterocycles. The van der Waals surface area contributed by atoms with Crippen molar-refractivity contribution in [3.8, 4) is 0 Å². The predicted octanol–water partition coefficient (Wildman–Crippen LogP) is 2.38. The van der Waals surface area contributed by atoms with Crippen molar-refractivity contribution in [1.29, 1.82) is 0 Å². The van der Waals surface area contributed by atoms with Gasteiger partial charge in [-0.15, -0.1) is 11.3 Å². The summed E-state index contributed by atoms with van der Waals surface area (Å²) >= 11 is 6.95. The highest BCUT2D eigenvalue weighted by Gasteiger charge is 2.19. The number of hydrogen-bond acceptors (Lipinski definition) is 6. The summed E-state index contributed by atoms with van der Waals surface area (Å²) in [6.07, 6.45) is 2.01. The van der Waals surface area contributed by atoms with E-state index in [1.54, 1.807) is 11.6 Å². The van der Waals surface area contributed by atoms with Crippen molar-refractivity contribution in [1.82, 2.24) is 9.97 Å². The monoisotopic (exact) mass is 311 g/mol. The summed E-state index contributed by atoms with van der Waals surface area (Å²) in [4.78, 5) is 31.3. The summed E-state index contributed by atoms with van der Waals surface area (Å²) < 4.78 is 5.04. The highest BCUT2D eigenvalue weighted by Crippen LogP contribution is 2.13. The van der Waals surface area contributed by atoms with Gasteiger partial charge in [0.15, 0.2) is 11.2 Å². The molecule has 1 N–H and O–H groups in total. The number of hydrogen-bond donors (Lipinski definition) is 1. The Labute approximate surface area is 123 Å². The fraction of sp³-hybridized carbons (Fsp3) is 0.167. The van der Waals surface area contributed by atoms with Crippen LogP contribution < -0.4 is 5.32 Å². The molecule has 20 heavy (non-hydrogen) atoms. The standard InChI is InChI=1S/C12H10ClN3O3S/c1-7(10(17)16-12-15-4-5-20-12)19-11(18)8-2-3-14-9(13)6-8/h2-7H,1H3,(H,15,16,17). The molecule has 0 aliphatic heterocycles. The Bertz CT molecular complexity index is 618. The maximum absolute atomic E-state index is 11.8. The average Bonchev–Trinajstić information content (AvgIpc) is 2.91. The average molecular weight is 312 g/mol. The molecule has 1 unspecified atom stereocenters. The number of anilines is 1. The van der Waals surface area contributed by atoms with E-state index in [2.05, 4.69) is 15.3 Å². The molecular weight excluding hydrogens is 302 g/mol. The Kier molecular flexibility index (Phi) is 4.65. The second-order valence-corrected chi connectivity index (χ2v) is 5.02. The van der Waals surface area contributed by atoms with Gasteiger partial charge in [0, 0.05) is 17.8 Å². The fourth-order valence-corrected chi connectivity index (χ4v) is 2.01. The number of nitrogens with one attached hydrogen (secondary N) is 1. The van der Waals surface area contributed by atoms with Crippen LogP contribution in [0.4, 0.5) is 5.13 Å². The third kappa shape index (κ3) is 3.75. The zero-order valence-corrected chi connectivity index (χ0v) is 11.9. The first kappa shape index (κ1) is 14.4. The van der Waals surface area contributed by atoms with Crippen LogP contribution in [0.3, 0.4) is 0 Å². The van der Waals surface area contributed by atoms with Gasteiger partial charge >= 0.3 is 5.97 Å². The number of thiazole rings is 1. The number of aromatic nitrogens is 2. The third-order valence-corrected chi connectivity index (χ3v) is 3.17. The van der Waals surface area contributed by atoms with Crippen molar-refractivity contribution in [3.63, 3.8) is 0 Å². The minimum Gasteiger partial charge on any atom is -0.449 e. The Morgan fingerprint density at radius 3 is 2.85 bits per heavy atom. The van der Waals surface area contributed by atoms with E-state index < -0.39 is 18.0 Å². The summed E-state index contributed by atoms with van der Waals surface area (Å²) in [5, 5.41) is 4.90. The lowest BCUT2D eigenvalue weighted by atomic mass is 10.3. The van der Waals surface area contributed by atoms with Crippen LogP contribution in [0.1, 0.15) is 17.3 Å². The molecule has 6 nitrogen and oxygen atoms in total. The first-order valence-electron chi connectivity index (χ1n) is 5.59. The van der Waals surface area contributed by atoms with Gasteiger partial charge in [0.05, 0.1) is 5.56 Å². The van der Waals surface area contributed by atoms with Gasteiger partial charge in [0.25, 0.3) is 5.91 Å². The molecule has 8 heteroatoms. The van der Waals surface area contributed by atoms with Crippen LogP contribution in [-0.2, 0) is 9.53 Å². The number of amides is 1. The van der Waals surface area contributed by atoms with Crippen LogP contribution >= 0.6 is 22.9 Å². The molecule has 0 saturated carbocycles. The van der Waals surface area contributed by atoms with Crippen LogP contribution in [0.2, 0.25) is 5.15 Å². The zero-order valence-electron chi connectivity index (χ0n) is 10.4. The summed E-state index contributed by atoms with van der Waals surface area (Å²) in [6, 6.07) is 2.83. The van der Waals surface area contributed by atoms with Crippen molar-refractivity contribution in [2.24, 2.45) is 0 Å². The minimum absolute atomic E-state index is 0.180. The molecule has 0 radical (unpaired) electrons. The van der Waals surface area contributed by atoms with Crippen molar-refractivity contribution in [2.45, 2.75) is 13.0 Å². The quantitative estimate of drug-likeness (QED) is 0.692. The van der Waals surface area contributed by atoms with Crippen molar-refractivity contribution < 1.29 is 14.3 Å². The summed E-state index contributed by atoms with van der Waals surface area (Å²) in [6.45, 7) is 1.48. The second kappa shape index (κ2) is 6.44. The smallest absolute Gasteiger partial charge is 0.339 e. The molecule has 0 aliphatic carbocycles. The van der Waals surface area contributed by atoms with Gasteiger partial charge in [-0.2, -0.15) is 0 Å². The number of ether oxygens (including phenoxy) is 1. The van der Waals surface area contributed by atoms with Crippen molar-refractivity contribution in [3.05, 3.63) is 40.6 Å². The first-order chi connectivity index (χ1) is 9.56. The van der Waals surface area contributed by atoms with Crippen LogP contribution in [-0.4, -0.2) is 27.9 Å². The lowest BCUT2D eigenvalue weighted by molar-refractivity contribution is -0.123. The number of carbonyl (C=O) groups is 2. The normalized spacial score (nSPS) is 11.7. The summed E-state index contributed by atoms with van der Waals surface area (Å²) in [5.74, 6) is -1.09. The van der Waals surface area contributed by atoms with Crippen molar-refractivity contribution in [2.75, 3.05) is 5.32 Å². The Morgan fingerprint density at radius 2 is 2.20 bits per heavy atom. The van der Waals surface area contributed by atoms with Crippen LogP contribution in [0.25, 0.3) is 0 Å². The van der Waals surface area contributed by atoms with Crippen molar-refractivity contribution >= 4 is 39.9 Å². The maximum atomic E-state index is 11.8. The van der Waals surface area contributed by atoms with Gasteiger partial charge < -0.3 is 4.74 Å². The lowest BCUT2D eigenvalue weighted by Crippen LogP contribution is -2.29. The molecule has 0 spiro atoms. The predicted molar refractivity (Wildman–Crippen MR) is 74.9 cm³/mol. The molecule has 1 atom stereocenters. The summed E-state index contributed by atoms with van der Waals surface area (Å²) in [7, 11) is 0. The molecule has 2 aromatic heterocycles. The molecule has 1 amide bonds. The van der Waals surface area contributed by atoms with Gasteiger partial charge in [-0.3, -0.25) is 10.1 Å². The third-order valence-electron chi connectivity index (χ3n) is 2.28. The minimum atomic E-state index is -0.946. The molecular formula is C12H10ClN3O3S. The molecule has 0 aliphatic rings. The SMILES string of the molecule is CC(OC(=O)c1ccnc(Cl)c1)C(=O)Nc1nccs1. The maximum Gasteiger partial charge on any atom is 0.339 e. The van der Waals surface area contributed by atoms with Gasteiger partial charge in [0.2, 0.25) is 0 Å². The summed E-state index contributed by atoms with van der Waals surface area (Å²) in [5.41, 5.74) is 0.235. The van der Waals surface area contributed by atoms with E-state index in [0.717, 1.165) is 0 Å². The number of nitrogens with zero attached hydrogens (tertiary/aromatic N) is 2. The molecule has 0 bridgehead atoms. The lowest BCUT2D eigenvalue weighted by Gasteiger charge is -2.12. The first-order valence-corrected chi connectivity index (χ1v) is 6.85. The molecule has 0 saturated heterocycles. The topological polar surface area (TPSA) is 81.2 Å². The Morgan fingerprint density at radius 1 is 1.40 bits per heavy atom. The van der Waals surface area contributed by atoms with E-state index in [1.807, 2.05) is 0 Å². The molecule has 0 aromatic carbocycles. The number of esters is 1. The molecule has 2 aromatic rings. The molecule has 0 fully saturated rings. The van der Waals surface area contributed by atoms with E-state index in [1.165, 1.54) is 36.6 Å². The highest BCUT2D eigenvalue weighted by molar-refractivity contribution is 7.13. The van der Waals surface area contributed by atoms with Crippen LogP contribution in [0.15, 0.2) is 29.9 Å². The van der Waals surface area contributed by atoms with Crippen LogP contribution in [0.5, 0.6) is 0 Å². The number of carbonyl (C=O) groups excluding carboxylic acids is 2. The zero-order chi connectivity index (χ0) is 14.5. The van der Waals surface area contributed by atoms with Gasteiger partial charge in [-0.1, -0.05) is 11.6 Å². The van der Waals surface area contributed by atoms with E-state index in [4.69, 9.17) is 16.3 Å². The van der Waals surface area contributed by atoms with Gasteiger partial charge in [0.1, 0.15) is 5.15 Å². The Hall–Kier alpha value is -1.99. The molecule has 104 valence electrons. The largest absolute Gasteiger partial charge is 0.449 e. The highest BCUT2D eigenvalue weighted by atomic mass is 35.5. The Balaban J connectivity index is 1.95. The van der Waals surface area contributed by atoms with E-state index in [9.17, 15) is 9.59 Å². The van der Waals surface area contributed by atoms with E-state index in [0.29, 0.717) is 5.13 Å². The number of halogens is 1. The van der Waals surface area contributed by atoms with E-state index >= 15 is 0 Å². The fourth-order valence-electron chi connectivity index (χ4n) is 1.30. The van der Waals surface area contributed by atoms with Crippen LogP contribution in [0, 0.1) is 0 Å².